The molecule has 0 radical (unpaired) electrons. The number of methoxy groups -OCH3 is 1. The van der Waals surface area contributed by atoms with Crippen molar-refractivity contribution in [3.8, 4) is 5.75 Å². The van der Waals surface area contributed by atoms with Gasteiger partial charge in [0.2, 0.25) is 0 Å². The lowest BCUT2D eigenvalue weighted by Gasteiger charge is -2.33. The zero-order valence-corrected chi connectivity index (χ0v) is 12.2. The molecule has 1 aromatic rings. The molecule has 1 fully saturated rings. The Bertz CT molecular complexity index is 441. The van der Waals surface area contributed by atoms with Crippen LogP contribution in [-0.2, 0) is 0 Å². The van der Waals surface area contributed by atoms with Crippen LogP contribution >= 0.6 is 12.4 Å². The fourth-order valence-corrected chi connectivity index (χ4v) is 2.37. The Hall–Kier alpha value is -1.17. The molecule has 0 aliphatic carbocycles. The third-order valence-corrected chi connectivity index (χ3v) is 3.35. The standard InChI is InChI=1S/C14H18F2N2O.ClH/c1-3-13(18-6-4-17-5-7-18)14-11(15)8-10(19-2)9-12(14)16;/h3,8-9,13,17H,1,4-7H2,2H3;1H/t13-;/m0./s1. The molecule has 1 aliphatic heterocycles. The zero-order chi connectivity index (χ0) is 13.8. The van der Waals surface area contributed by atoms with Gasteiger partial charge in [0.1, 0.15) is 17.4 Å². The van der Waals surface area contributed by atoms with E-state index in [9.17, 15) is 8.78 Å². The molecule has 1 aliphatic rings. The summed E-state index contributed by atoms with van der Waals surface area (Å²) in [5, 5.41) is 3.21. The molecule has 1 saturated heterocycles. The smallest absolute Gasteiger partial charge is 0.134 e. The molecule has 1 heterocycles. The summed E-state index contributed by atoms with van der Waals surface area (Å²) in [7, 11) is 1.38. The molecule has 6 heteroatoms. The Morgan fingerprint density at radius 3 is 2.30 bits per heavy atom. The number of benzene rings is 1. The quantitative estimate of drug-likeness (QED) is 0.865. The van der Waals surface area contributed by atoms with Gasteiger partial charge >= 0.3 is 0 Å². The van der Waals surface area contributed by atoms with Crippen LogP contribution in [0.3, 0.4) is 0 Å². The first kappa shape index (κ1) is 16.9. The second-order valence-electron chi connectivity index (χ2n) is 4.47. The number of hydrogen-bond acceptors (Lipinski definition) is 3. The number of hydrogen-bond donors (Lipinski definition) is 1. The van der Waals surface area contributed by atoms with Crippen LogP contribution in [0.15, 0.2) is 24.8 Å². The average Bonchev–Trinajstić information content (AvgIpc) is 2.43. The topological polar surface area (TPSA) is 24.5 Å². The summed E-state index contributed by atoms with van der Waals surface area (Å²) in [6, 6.07) is 1.96. The monoisotopic (exact) mass is 304 g/mol. The second-order valence-corrected chi connectivity index (χ2v) is 4.47. The van der Waals surface area contributed by atoms with Crippen molar-refractivity contribution in [3.05, 3.63) is 42.0 Å². The van der Waals surface area contributed by atoms with Crippen molar-refractivity contribution in [1.82, 2.24) is 10.2 Å². The highest BCUT2D eigenvalue weighted by molar-refractivity contribution is 5.85. The second kappa shape index (κ2) is 7.57. The minimum Gasteiger partial charge on any atom is -0.497 e. The summed E-state index contributed by atoms with van der Waals surface area (Å²) in [4.78, 5) is 2.01. The molecular weight excluding hydrogens is 286 g/mol. The van der Waals surface area contributed by atoms with Crippen LogP contribution in [-0.4, -0.2) is 38.2 Å². The number of nitrogens with one attached hydrogen (secondary N) is 1. The van der Waals surface area contributed by atoms with E-state index in [0.29, 0.717) is 0 Å². The van der Waals surface area contributed by atoms with E-state index in [1.807, 2.05) is 4.90 Å². The number of rotatable bonds is 4. The Morgan fingerprint density at radius 1 is 1.30 bits per heavy atom. The molecule has 2 rings (SSSR count). The van der Waals surface area contributed by atoms with Gasteiger partial charge in [-0.2, -0.15) is 0 Å². The summed E-state index contributed by atoms with van der Waals surface area (Å²) in [5.74, 6) is -1.01. The first-order valence-electron chi connectivity index (χ1n) is 6.27. The van der Waals surface area contributed by atoms with Crippen LogP contribution in [0, 0.1) is 11.6 Å². The molecule has 0 bridgehead atoms. The summed E-state index contributed by atoms with van der Waals surface area (Å²) >= 11 is 0. The summed E-state index contributed by atoms with van der Waals surface area (Å²) in [6.07, 6.45) is 1.58. The Labute approximate surface area is 124 Å². The van der Waals surface area contributed by atoms with Gasteiger partial charge in [0.15, 0.2) is 0 Å². The number of piperazine rings is 1. The van der Waals surface area contributed by atoms with Gasteiger partial charge in [0, 0.05) is 43.9 Å². The van der Waals surface area contributed by atoms with Crippen LogP contribution in [0.2, 0.25) is 0 Å². The van der Waals surface area contributed by atoms with E-state index < -0.39 is 17.7 Å². The van der Waals surface area contributed by atoms with Crippen LogP contribution in [0.5, 0.6) is 5.75 Å². The maximum atomic E-state index is 14.1. The summed E-state index contributed by atoms with van der Waals surface area (Å²) < 4.78 is 33.0. The van der Waals surface area contributed by atoms with Gasteiger partial charge in [-0.3, -0.25) is 4.90 Å². The van der Waals surface area contributed by atoms with Crippen molar-refractivity contribution in [2.24, 2.45) is 0 Å². The molecule has 0 amide bonds. The normalized spacial score (nSPS) is 17.1. The molecule has 0 unspecified atom stereocenters. The molecule has 1 N–H and O–H groups in total. The maximum Gasteiger partial charge on any atom is 0.134 e. The Kier molecular flexibility index (Phi) is 6.39. The average molecular weight is 305 g/mol. The lowest BCUT2D eigenvalue weighted by molar-refractivity contribution is 0.197. The van der Waals surface area contributed by atoms with E-state index in [1.54, 1.807) is 6.08 Å². The fraction of sp³-hybridized carbons (Fsp3) is 0.429. The Morgan fingerprint density at radius 2 is 1.85 bits per heavy atom. The van der Waals surface area contributed by atoms with E-state index in [-0.39, 0.29) is 23.7 Å². The van der Waals surface area contributed by atoms with E-state index >= 15 is 0 Å². The molecule has 3 nitrogen and oxygen atoms in total. The number of halogens is 3. The highest BCUT2D eigenvalue weighted by Gasteiger charge is 2.25. The van der Waals surface area contributed by atoms with E-state index in [2.05, 4.69) is 11.9 Å². The highest BCUT2D eigenvalue weighted by Crippen LogP contribution is 2.30. The van der Waals surface area contributed by atoms with Crippen molar-refractivity contribution in [1.29, 1.82) is 0 Å². The van der Waals surface area contributed by atoms with Gasteiger partial charge in [0.05, 0.1) is 13.2 Å². The summed E-state index contributed by atoms with van der Waals surface area (Å²) in [6.45, 7) is 6.80. The minimum atomic E-state index is -0.597. The first-order valence-corrected chi connectivity index (χ1v) is 6.27. The Balaban J connectivity index is 0.00000200. The molecular formula is C14H19ClF2N2O. The van der Waals surface area contributed by atoms with Gasteiger partial charge in [-0.25, -0.2) is 8.78 Å². The lowest BCUT2D eigenvalue weighted by Crippen LogP contribution is -2.45. The first-order chi connectivity index (χ1) is 9.17. The molecule has 112 valence electrons. The van der Waals surface area contributed by atoms with E-state index in [0.717, 1.165) is 26.2 Å². The van der Waals surface area contributed by atoms with Crippen molar-refractivity contribution >= 4 is 12.4 Å². The lowest BCUT2D eigenvalue weighted by atomic mass is 10.0. The predicted octanol–water partition coefficient (Wildman–Crippen LogP) is 2.53. The SMILES string of the molecule is C=C[C@@H](c1c(F)cc(OC)cc1F)N1CCNCC1.Cl. The maximum absolute atomic E-state index is 14.1. The molecule has 0 saturated carbocycles. The van der Waals surface area contributed by atoms with Crippen molar-refractivity contribution in [2.75, 3.05) is 33.3 Å². The number of ether oxygens (including phenoxy) is 1. The molecule has 1 atom stereocenters. The van der Waals surface area contributed by atoms with Crippen LogP contribution in [0.1, 0.15) is 11.6 Å². The van der Waals surface area contributed by atoms with E-state index in [1.165, 1.54) is 19.2 Å². The molecule has 20 heavy (non-hydrogen) atoms. The van der Waals surface area contributed by atoms with Gasteiger partial charge in [-0.05, 0) is 0 Å². The van der Waals surface area contributed by atoms with Crippen LogP contribution in [0.25, 0.3) is 0 Å². The molecule has 0 aromatic heterocycles. The highest BCUT2D eigenvalue weighted by atomic mass is 35.5. The zero-order valence-electron chi connectivity index (χ0n) is 11.4. The van der Waals surface area contributed by atoms with Crippen molar-refractivity contribution < 1.29 is 13.5 Å². The molecule has 0 spiro atoms. The third kappa shape index (κ3) is 3.48. The number of nitrogens with zero attached hydrogens (tertiary/aromatic N) is 1. The van der Waals surface area contributed by atoms with Gasteiger partial charge in [-0.15, -0.1) is 19.0 Å². The third-order valence-electron chi connectivity index (χ3n) is 3.35. The van der Waals surface area contributed by atoms with Crippen molar-refractivity contribution in [3.63, 3.8) is 0 Å². The minimum absolute atomic E-state index is 0. The van der Waals surface area contributed by atoms with Gasteiger partial charge in [-0.1, -0.05) is 6.08 Å². The van der Waals surface area contributed by atoms with Gasteiger partial charge < -0.3 is 10.1 Å². The summed E-state index contributed by atoms with van der Waals surface area (Å²) in [5.41, 5.74) is 0.0395. The van der Waals surface area contributed by atoms with Gasteiger partial charge in [0.25, 0.3) is 0 Å². The predicted molar refractivity (Wildman–Crippen MR) is 77.5 cm³/mol. The largest absolute Gasteiger partial charge is 0.497 e. The van der Waals surface area contributed by atoms with Crippen LogP contribution < -0.4 is 10.1 Å². The fourth-order valence-electron chi connectivity index (χ4n) is 2.37. The van der Waals surface area contributed by atoms with Crippen molar-refractivity contribution in [2.45, 2.75) is 6.04 Å². The van der Waals surface area contributed by atoms with E-state index in [4.69, 9.17) is 4.74 Å². The van der Waals surface area contributed by atoms with Crippen LogP contribution in [0.4, 0.5) is 8.78 Å². The molecule has 1 aromatic carbocycles.